The van der Waals surface area contributed by atoms with Crippen LogP contribution in [0.4, 0.5) is 0 Å². The summed E-state index contributed by atoms with van der Waals surface area (Å²) in [5.41, 5.74) is 2.74. The van der Waals surface area contributed by atoms with Crippen molar-refractivity contribution in [2.75, 3.05) is 13.2 Å². The highest BCUT2D eigenvalue weighted by Gasteiger charge is 2.24. The van der Waals surface area contributed by atoms with Crippen LogP contribution in [0.25, 0.3) is 0 Å². The molecular formula is C15H21NO. The quantitative estimate of drug-likeness (QED) is 0.845. The molecule has 0 amide bonds. The Morgan fingerprint density at radius 2 is 2.35 bits per heavy atom. The summed E-state index contributed by atoms with van der Waals surface area (Å²) in [7, 11) is 0. The maximum atomic E-state index is 5.87. The molecule has 17 heavy (non-hydrogen) atoms. The van der Waals surface area contributed by atoms with Crippen LogP contribution >= 0.6 is 0 Å². The third-order valence-electron chi connectivity index (χ3n) is 3.98. The van der Waals surface area contributed by atoms with Crippen LogP contribution in [0.1, 0.15) is 30.4 Å². The fraction of sp³-hybridized carbons (Fsp3) is 0.600. The van der Waals surface area contributed by atoms with Gasteiger partial charge in [0.2, 0.25) is 0 Å². The molecule has 0 bridgehead atoms. The van der Waals surface area contributed by atoms with Gasteiger partial charge in [-0.3, -0.25) is 0 Å². The van der Waals surface area contributed by atoms with Gasteiger partial charge in [-0.15, -0.1) is 0 Å². The molecule has 0 aromatic heterocycles. The fourth-order valence-corrected chi connectivity index (χ4v) is 3.10. The van der Waals surface area contributed by atoms with Crippen LogP contribution in [0.3, 0.4) is 0 Å². The van der Waals surface area contributed by atoms with Crippen molar-refractivity contribution < 1.29 is 4.74 Å². The summed E-state index contributed by atoms with van der Waals surface area (Å²) in [6.07, 6.45) is 5.15. The van der Waals surface area contributed by atoms with E-state index in [1.54, 1.807) is 0 Å². The number of aryl methyl sites for hydroxylation is 1. The predicted molar refractivity (Wildman–Crippen MR) is 69.5 cm³/mol. The molecule has 0 aliphatic carbocycles. The summed E-state index contributed by atoms with van der Waals surface area (Å²) in [5, 5.41) is 3.58. The first kappa shape index (κ1) is 11.1. The molecule has 1 saturated heterocycles. The van der Waals surface area contributed by atoms with Crippen LogP contribution in [0.2, 0.25) is 0 Å². The van der Waals surface area contributed by atoms with Gasteiger partial charge in [-0.2, -0.15) is 0 Å². The number of rotatable bonds is 2. The number of benzene rings is 1. The van der Waals surface area contributed by atoms with Crippen molar-refractivity contribution in [1.82, 2.24) is 5.32 Å². The molecule has 2 heterocycles. The van der Waals surface area contributed by atoms with Crippen molar-refractivity contribution in [1.29, 1.82) is 0 Å². The molecule has 1 aromatic carbocycles. The molecule has 2 heteroatoms. The van der Waals surface area contributed by atoms with E-state index in [1.807, 2.05) is 0 Å². The molecule has 2 nitrogen and oxygen atoms in total. The zero-order valence-corrected chi connectivity index (χ0v) is 10.5. The third-order valence-corrected chi connectivity index (χ3v) is 3.98. The highest BCUT2D eigenvalue weighted by Crippen LogP contribution is 2.30. The van der Waals surface area contributed by atoms with E-state index in [0.29, 0.717) is 5.92 Å². The summed E-state index contributed by atoms with van der Waals surface area (Å²) in [6, 6.07) is 7.27. The van der Waals surface area contributed by atoms with E-state index in [9.17, 15) is 0 Å². The molecule has 2 aliphatic heterocycles. The Morgan fingerprint density at radius 1 is 1.41 bits per heavy atom. The van der Waals surface area contributed by atoms with Crippen molar-refractivity contribution in [3.05, 3.63) is 29.3 Å². The Balaban J connectivity index is 1.67. The standard InChI is InChI=1S/C15H21NO/c1-11-4-5-15-13(7-11)8-12(10-17-15)9-14-3-2-6-16-14/h4-5,7,12,14,16H,2-3,6,8-10H2,1H3. The molecular weight excluding hydrogens is 210 g/mol. The van der Waals surface area contributed by atoms with Gasteiger partial charge in [0.1, 0.15) is 5.75 Å². The van der Waals surface area contributed by atoms with Gasteiger partial charge in [0, 0.05) is 6.04 Å². The van der Waals surface area contributed by atoms with Gasteiger partial charge in [0.25, 0.3) is 0 Å². The highest BCUT2D eigenvalue weighted by atomic mass is 16.5. The Bertz CT molecular complexity index is 396. The lowest BCUT2D eigenvalue weighted by Gasteiger charge is -2.27. The van der Waals surface area contributed by atoms with E-state index in [-0.39, 0.29) is 0 Å². The van der Waals surface area contributed by atoms with Crippen molar-refractivity contribution in [2.45, 2.75) is 38.6 Å². The maximum Gasteiger partial charge on any atom is 0.122 e. The summed E-state index contributed by atoms with van der Waals surface area (Å²) in [5.74, 6) is 1.80. The first-order valence-corrected chi connectivity index (χ1v) is 6.77. The lowest BCUT2D eigenvalue weighted by Crippen LogP contribution is -2.30. The van der Waals surface area contributed by atoms with Crippen molar-refractivity contribution in [3.8, 4) is 5.75 Å². The molecule has 3 rings (SSSR count). The SMILES string of the molecule is Cc1ccc2c(c1)CC(CC1CCCN1)CO2. The maximum absolute atomic E-state index is 5.87. The van der Waals surface area contributed by atoms with E-state index in [0.717, 1.165) is 18.4 Å². The molecule has 1 N–H and O–H groups in total. The molecule has 1 aromatic rings. The minimum absolute atomic E-state index is 0.694. The second kappa shape index (κ2) is 4.69. The molecule has 2 unspecified atom stereocenters. The molecule has 2 atom stereocenters. The van der Waals surface area contributed by atoms with Gasteiger partial charge in [-0.1, -0.05) is 17.7 Å². The van der Waals surface area contributed by atoms with Crippen LogP contribution in [-0.4, -0.2) is 19.2 Å². The average molecular weight is 231 g/mol. The Hall–Kier alpha value is -1.02. The minimum Gasteiger partial charge on any atom is -0.493 e. The van der Waals surface area contributed by atoms with Gasteiger partial charge < -0.3 is 10.1 Å². The molecule has 0 spiro atoms. The fourth-order valence-electron chi connectivity index (χ4n) is 3.10. The molecule has 2 aliphatic rings. The topological polar surface area (TPSA) is 21.3 Å². The summed E-state index contributed by atoms with van der Waals surface area (Å²) in [6.45, 7) is 4.25. The van der Waals surface area contributed by atoms with E-state index >= 15 is 0 Å². The average Bonchev–Trinajstić information content (AvgIpc) is 2.81. The first-order valence-electron chi connectivity index (χ1n) is 6.77. The van der Waals surface area contributed by atoms with E-state index in [1.165, 1.54) is 43.4 Å². The molecule has 1 fully saturated rings. The number of fused-ring (bicyclic) bond motifs is 1. The normalized spacial score (nSPS) is 27.6. The largest absolute Gasteiger partial charge is 0.493 e. The Kier molecular flexibility index (Phi) is 3.06. The van der Waals surface area contributed by atoms with Crippen LogP contribution in [0, 0.1) is 12.8 Å². The lowest BCUT2D eigenvalue weighted by atomic mass is 9.90. The van der Waals surface area contributed by atoms with Crippen LogP contribution < -0.4 is 10.1 Å². The monoisotopic (exact) mass is 231 g/mol. The van der Waals surface area contributed by atoms with Crippen molar-refractivity contribution in [3.63, 3.8) is 0 Å². The Morgan fingerprint density at radius 3 is 3.18 bits per heavy atom. The van der Waals surface area contributed by atoms with Crippen LogP contribution in [-0.2, 0) is 6.42 Å². The first-order chi connectivity index (χ1) is 8.31. The smallest absolute Gasteiger partial charge is 0.122 e. The third kappa shape index (κ3) is 2.47. The van der Waals surface area contributed by atoms with E-state index in [2.05, 4.69) is 30.4 Å². The van der Waals surface area contributed by atoms with Gasteiger partial charge >= 0.3 is 0 Å². The van der Waals surface area contributed by atoms with Crippen LogP contribution in [0.15, 0.2) is 18.2 Å². The van der Waals surface area contributed by atoms with Crippen LogP contribution in [0.5, 0.6) is 5.75 Å². The summed E-state index contributed by atoms with van der Waals surface area (Å²) in [4.78, 5) is 0. The molecule has 92 valence electrons. The Labute approximate surface area is 103 Å². The number of ether oxygens (including phenoxy) is 1. The second-order valence-corrected chi connectivity index (χ2v) is 5.52. The highest BCUT2D eigenvalue weighted by molar-refractivity contribution is 5.38. The van der Waals surface area contributed by atoms with Gasteiger partial charge in [0.15, 0.2) is 0 Å². The van der Waals surface area contributed by atoms with E-state index < -0.39 is 0 Å². The van der Waals surface area contributed by atoms with Crippen molar-refractivity contribution in [2.24, 2.45) is 5.92 Å². The molecule has 0 saturated carbocycles. The van der Waals surface area contributed by atoms with Gasteiger partial charge in [0.05, 0.1) is 6.61 Å². The van der Waals surface area contributed by atoms with E-state index in [4.69, 9.17) is 4.74 Å². The number of hydrogen-bond donors (Lipinski definition) is 1. The minimum atomic E-state index is 0.694. The number of hydrogen-bond acceptors (Lipinski definition) is 2. The molecule has 0 radical (unpaired) electrons. The zero-order chi connectivity index (χ0) is 11.7. The van der Waals surface area contributed by atoms with Gasteiger partial charge in [-0.25, -0.2) is 0 Å². The summed E-state index contributed by atoms with van der Waals surface area (Å²) >= 11 is 0. The number of nitrogens with one attached hydrogen (secondary N) is 1. The lowest BCUT2D eigenvalue weighted by molar-refractivity contribution is 0.204. The predicted octanol–water partition coefficient (Wildman–Crippen LogP) is 2.69. The zero-order valence-electron chi connectivity index (χ0n) is 10.5. The summed E-state index contributed by atoms with van der Waals surface area (Å²) < 4.78 is 5.87. The van der Waals surface area contributed by atoms with Gasteiger partial charge in [-0.05, 0) is 56.7 Å². The van der Waals surface area contributed by atoms with Crippen molar-refractivity contribution >= 4 is 0 Å². The second-order valence-electron chi connectivity index (χ2n) is 5.52.